The predicted octanol–water partition coefficient (Wildman–Crippen LogP) is 1.94. The molecule has 29 heavy (non-hydrogen) atoms. The van der Waals surface area contributed by atoms with Crippen LogP contribution in [0.4, 0.5) is 5.82 Å². The zero-order valence-corrected chi connectivity index (χ0v) is 16.6. The Morgan fingerprint density at radius 1 is 1.21 bits per heavy atom. The highest BCUT2D eigenvalue weighted by Crippen LogP contribution is 2.26. The smallest absolute Gasteiger partial charge is 0.280 e. The van der Waals surface area contributed by atoms with Crippen molar-refractivity contribution < 1.29 is 23.2 Å². The Bertz CT molecular complexity index is 1130. The minimum absolute atomic E-state index is 0.00904. The third-order valence-corrected chi connectivity index (χ3v) is 5.54. The number of ether oxygens (including phenoxy) is 1. The number of methoxy groups -OCH3 is 1. The highest BCUT2D eigenvalue weighted by Gasteiger charge is 2.23. The molecule has 1 amide bonds. The molecule has 0 saturated carbocycles. The minimum atomic E-state index is -4.05. The first kappa shape index (κ1) is 20.4. The van der Waals surface area contributed by atoms with Crippen molar-refractivity contribution in [1.29, 1.82) is 0 Å². The monoisotopic (exact) mass is 416 g/mol. The number of sulfonamides is 1. The number of hydroxylamine groups is 1. The van der Waals surface area contributed by atoms with Gasteiger partial charge in [-0.15, -0.1) is 0 Å². The second-order valence-corrected chi connectivity index (χ2v) is 7.93. The third kappa shape index (κ3) is 4.55. The number of nitrogens with one attached hydrogen (secondary N) is 2. The normalized spacial score (nSPS) is 11.1. The van der Waals surface area contributed by atoms with E-state index >= 15 is 0 Å². The van der Waals surface area contributed by atoms with Gasteiger partial charge in [0, 0.05) is 19.7 Å². The summed E-state index contributed by atoms with van der Waals surface area (Å²) in [5.41, 5.74) is 3.04. The van der Waals surface area contributed by atoms with Gasteiger partial charge >= 0.3 is 0 Å². The molecular formula is C19H20N4O5S. The maximum absolute atomic E-state index is 12.9. The van der Waals surface area contributed by atoms with Crippen LogP contribution in [0.2, 0.25) is 0 Å². The molecule has 152 valence electrons. The molecule has 0 aliphatic rings. The van der Waals surface area contributed by atoms with Gasteiger partial charge in [0.05, 0.1) is 12.0 Å². The number of benzene rings is 2. The van der Waals surface area contributed by atoms with E-state index in [0.29, 0.717) is 17.7 Å². The molecule has 0 bridgehead atoms. The molecule has 3 rings (SSSR count). The van der Waals surface area contributed by atoms with E-state index < -0.39 is 15.9 Å². The first-order chi connectivity index (χ1) is 13.8. The fourth-order valence-electron chi connectivity index (χ4n) is 2.85. The van der Waals surface area contributed by atoms with Gasteiger partial charge in [-0.3, -0.25) is 19.4 Å². The van der Waals surface area contributed by atoms with Crippen LogP contribution in [-0.4, -0.2) is 36.4 Å². The van der Waals surface area contributed by atoms with Gasteiger partial charge < -0.3 is 4.74 Å². The summed E-state index contributed by atoms with van der Waals surface area (Å²) in [5, 5.41) is 12.8. The zero-order chi connectivity index (χ0) is 21.0. The van der Waals surface area contributed by atoms with Crippen LogP contribution in [0.15, 0.2) is 59.6 Å². The van der Waals surface area contributed by atoms with E-state index in [1.165, 1.54) is 42.6 Å². The largest absolute Gasteiger partial charge is 0.496 e. The molecule has 10 heteroatoms. The number of rotatable bonds is 7. The standard InChI is InChI=1S/C19H20N4O5S/c1-23-12-16(19(24)21-25)18(20-23)22-29(26,27)15-8-9-17(28-2)14(11-15)10-13-6-4-3-5-7-13/h3-9,11-12,25H,10H2,1-2H3,(H,20,22)(H,21,24). The maximum Gasteiger partial charge on any atom is 0.280 e. The van der Waals surface area contributed by atoms with Crippen LogP contribution in [0.3, 0.4) is 0 Å². The number of nitrogens with zero attached hydrogens (tertiary/aromatic N) is 2. The lowest BCUT2D eigenvalue weighted by Crippen LogP contribution is -2.21. The van der Waals surface area contributed by atoms with Crippen molar-refractivity contribution in [2.75, 3.05) is 11.8 Å². The lowest BCUT2D eigenvalue weighted by molar-refractivity contribution is 0.0707. The predicted molar refractivity (Wildman–Crippen MR) is 106 cm³/mol. The Hall–Kier alpha value is -3.37. The summed E-state index contributed by atoms with van der Waals surface area (Å²) in [4.78, 5) is 11.7. The summed E-state index contributed by atoms with van der Waals surface area (Å²) in [6.45, 7) is 0. The van der Waals surface area contributed by atoms with Crippen LogP contribution in [0, 0.1) is 0 Å². The van der Waals surface area contributed by atoms with Crippen LogP contribution >= 0.6 is 0 Å². The fourth-order valence-corrected chi connectivity index (χ4v) is 3.92. The third-order valence-electron chi connectivity index (χ3n) is 4.21. The number of aryl methyl sites for hydroxylation is 1. The zero-order valence-electron chi connectivity index (χ0n) is 15.8. The SMILES string of the molecule is COc1ccc(S(=O)(=O)Nc2nn(C)cc2C(=O)NO)cc1Cc1ccccc1. The molecule has 1 heterocycles. The highest BCUT2D eigenvalue weighted by atomic mass is 32.2. The number of amides is 1. The summed E-state index contributed by atoms with van der Waals surface area (Å²) < 4.78 is 34.7. The Morgan fingerprint density at radius 2 is 1.93 bits per heavy atom. The van der Waals surface area contributed by atoms with Crippen LogP contribution in [0.1, 0.15) is 21.5 Å². The lowest BCUT2D eigenvalue weighted by atomic mass is 10.0. The Labute approximate surface area is 167 Å². The second-order valence-electron chi connectivity index (χ2n) is 6.25. The van der Waals surface area contributed by atoms with Gasteiger partial charge in [0.25, 0.3) is 15.9 Å². The van der Waals surface area contributed by atoms with E-state index in [-0.39, 0.29) is 16.3 Å². The van der Waals surface area contributed by atoms with Gasteiger partial charge in [-0.1, -0.05) is 30.3 Å². The van der Waals surface area contributed by atoms with Gasteiger partial charge in [0.2, 0.25) is 0 Å². The van der Waals surface area contributed by atoms with Crippen molar-refractivity contribution in [3.63, 3.8) is 0 Å². The second kappa shape index (κ2) is 8.33. The number of aromatic nitrogens is 2. The minimum Gasteiger partial charge on any atom is -0.496 e. The molecule has 0 spiro atoms. The van der Waals surface area contributed by atoms with Gasteiger partial charge in [-0.05, 0) is 29.3 Å². The molecule has 0 fully saturated rings. The van der Waals surface area contributed by atoms with Crippen molar-refractivity contribution >= 4 is 21.7 Å². The van der Waals surface area contributed by atoms with E-state index in [0.717, 1.165) is 5.56 Å². The van der Waals surface area contributed by atoms with Gasteiger partial charge in [0.15, 0.2) is 5.82 Å². The molecule has 0 saturated heterocycles. The number of hydrogen-bond donors (Lipinski definition) is 3. The van der Waals surface area contributed by atoms with Crippen LogP contribution in [0.25, 0.3) is 0 Å². The first-order valence-electron chi connectivity index (χ1n) is 8.56. The summed E-state index contributed by atoms with van der Waals surface area (Å²) in [5.74, 6) is -0.513. The molecule has 9 nitrogen and oxygen atoms in total. The van der Waals surface area contributed by atoms with Gasteiger partial charge in [-0.25, -0.2) is 13.9 Å². The van der Waals surface area contributed by atoms with E-state index in [1.54, 1.807) is 6.07 Å². The summed E-state index contributed by atoms with van der Waals surface area (Å²) in [6.07, 6.45) is 1.77. The van der Waals surface area contributed by atoms with Crippen LogP contribution in [-0.2, 0) is 23.5 Å². The molecule has 2 aromatic carbocycles. The van der Waals surface area contributed by atoms with Crippen LogP contribution < -0.4 is 14.9 Å². The number of carbonyl (C=O) groups is 1. The Morgan fingerprint density at radius 3 is 2.59 bits per heavy atom. The fraction of sp³-hybridized carbons (Fsp3) is 0.158. The summed E-state index contributed by atoms with van der Waals surface area (Å²) >= 11 is 0. The van der Waals surface area contributed by atoms with Gasteiger partial charge in [-0.2, -0.15) is 5.10 Å². The molecule has 1 aromatic heterocycles. The topological polar surface area (TPSA) is 123 Å². The summed E-state index contributed by atoms with van der Waals surface area (Å²) in [7, 11) is -1.00. The van der Waals surface area contributed by atoms with Crippen molar-refractivity contribution in [3.05, 3.63) is 71.4 Å². The lowest BCUT2D eigenvalue weighted by Gasteiger charge is -2.12. The molecule has 0 unspecified atom stereocenters. The quantitative estimate of drug-likeness (QED) is 0.400. The van der Waals surface area contributed by atoms with Crippen LogP contribution in [0.5, 0.6) is 5.75 Å². The molecule has 0 atom stereocenters. The van der Waals surface area contributed by atoms with Crippen molar-refractivity contribution in [2.24, 2.45) is 7.05 Å². The number of hydrogen-bond acceptors (Lipinski definition) is 6. The molecule has 3 aromatic rings. The maximum atomic E-state index is 12.9. The summed E-state index contributed by atoms with van der Waals surface area (Å²) in [6, 6.07) is 14.1. The average Bonchev–Trinajstić information content (AvgIpc) is 3.07. The van der Waals surface area contributed by atoms with E-state index in [1.807, 2.05) is 30.3 Å². The molecule has 3 N–H and O–H groups in total. The van der Waals surface area contributed by atoms with Gasteiger partial charge in [0.1, 0.15) is 11.3 Å². The molecular weight excluding hydrogens is 396 g/mol. The highest BCUT2D eigenvalue weighted by molar-refractivity contribution is 7.92. The van der Waals surface area contributed by atoms with Crippen molar-refractivity contribution in [2.45, 2.75) is 11.3 Å². The number of carbonyl (C=O) groups excluding carboxylic acids is 1. The molecule has 0 radical (unpaired) electrons. The van der Waals surface area contributed by atoms with Crippen molar-refractivity contribution in [3.8, 4) is 5.75 Å². The Kier molecular flexibility index (Phi) is 5.85. The van der Waals surface area contributed by atoms with E-state index in [9.17, 15) is 13.2 Å². The Balaban J connectivity index is 1.95. The molecule has 0 aliphatic carbocycles. The van der Waals surface area contributed by atoms with E-state index in [2.05, 4.69) is 9.82 Å². The van der Waals surface area contributed by atoms with E-state index in [4.69, 9.17) is 9.94 Å². The van der Waals surface area contributed by atoms with Crippen molar-refractivity contribution in [1.82, 2.24) is 15.3 Å². The average molecular weight is 416 g/mol. The first-order valence-corrected chi connectivity index (χ1v) is 10.0. The number of anilines is 1. The molecule has 0 aliphatic heterocycles.